The number of ether oxygens (including phenoxy) is 1. The minimum absolute atomic E-state index is 0.591. The number of rotatable bonds is 11. The smallest absolute Gasteiger partial charge is 0.0589 e. The van der Waals surface area contributed by atoms with Gasteiger partial charge in [0.1, 0.15) is 0 Å². The normalized spacial score (nSPS) is 12.8. The van der Waals surface area contributed by atoms with Crippen LogP contribution in [0.25, 0.3) is 0 Å². The summed E-state index contributed by atoms with van der Waals surface area (Å²) in [7, 11) is 1.77. The van der Waals surface area contributed by atoms with Crippen LogP contribution in [0.1, 0.15) is 38.3 Å². The van der Waals surface area contributed by atoms with Crippen molar-refractivity contribution >= 4 is 0 Å². The van der Waals surface area contributed by atoms with Gasteiger partial charge in [0.05, 0.1) is 6.61 Å². The summed E-state index contributed by atoms with van der Waals surface area (Å²) in [6, 6.07) is 9.65. The van der Waals surface area contributed by atoms with Crippen LogP contribution in [-0.2, 0) is 17.7 Å². The van der Waals surface area contributed by atoms with E-state index >= 15 is 0 Å². The Balaban J connectivity index is 2.54. The third-order valence-corrected chi connectivity index (χ3v) is 4.05. The highest BCUT2D eigenvalue weighted by Crippen LogP contribution is 2.12. The van der Waals surface area contributed by atoms with E-state index in [9.17, 15) is 0 Å². The molecule has 1 atom stereocenters. The Morgan fingerprint density at radius 3 is 2.38 bits per heavy atom. The minimum Gasteiger partial charge on any atom is -0.383 e. The monoisotopic (exact) mass is 292 g/mol. The van der Waals surface area contributed by atoms with Crippen LogP contribution >= 0.6 is 0 Å². The number of likely N-dealkylation sites (N-methyl/N-ethyl adjacent to an activating group) is 1. The van der Waals surface area contributed by atoms with E-state index in [4.69, 9.17) is 4.74 Å². The van der Waals surface area contributed by atoms with Gasteiger partial charge in [0, 0.05) is 26.2 Å². The lowest BCUT2D eigenvalue weighted by Crippen LogP contribution is -2.34. The first kappa shape index (κ1) is 18.1. The second-order valence-electron chi connectivity index (χ2n) is 5.64. The molecule has 0 fully saturated rings. The lowest BCUT2D eigenvalue weighted by Gasteiger charge is -2.28. The maximum atomic E-state index is 5.23. The molecule has 0 spiro atoms. The van der Waals surface area contributed by atoms with Crippen molar-refractivity contribution in [1.29, 1.82) is 0 Å². The Morgan fingerprint density at radius 1 is 1.14 bits per heavy atom. The molecular formula is C18H32N2O. The average molecular weight is 292 g/mol. The van der Waals surface area contributed by atoms with Crippen LogP contribution < -0.4 is 5.32 Å². The molecule has 1 aromatic rings. The summed E-state index contributed by atoms with van der Waals surface area (Å²) >= 11 is 0. The molecule has 0 aliphatic rings. The van der Waals surface area contributed by atoms with Crippen LogP contribution in [0.5, 0.6) is 0 Å². The molecule has 0 aromatic heterocycles. The predicted molar refractivity (Wildman–Crippen MR) is 90.7 cm³/mol. The molecule has 1 unspecified atom stereocenters. The molecule has 120 valence electrons. The summed E-state index contributed by atoms with van der Waals surface area (Å²) in [6.45, 7) is 11.6. The van der Waals surface area contributed by atoms with Gasteiger partial charge >= 0.3 is 0 Å². The summed E-state index contributed by atoms with van der Waals surface area (Å²) in [5, 5.41) is 3.37. The fourth-order valence-electron chi connectivity index (χ4n) is 2.38. The topological polar surface area (TPSA) is 24.5 Å². The van der Waals surface area contributed by atoms with E-state index < -0.39 is 0 Å². The lowest BCUT2D eigenvalue weighted by molar-refractivity contribution is 0.118. The lowest BCUT2D eigenvalue weighted by atomic mass is 10.1. The molecule has 3 heteroatoms. The third-order valence-electron chi connectivity index (χ3n) is 4.05. The zero-order valence-electron chi connectivity index (χ0n) is 14.2. The second-order valence-corrected chi connectivity index (χ2v) is 5.64. The Hall–Kier alpha value is -0.900. The van der Waals surface area contributed by atoms with E-state index in [1.54, 1.807) is 7.11 Å². The SMILES string of the molecule is CCNCCc1ccc(CN(CCOC)C(C)CC)cc1. The Labute approximate surface area is 130 Å². The first-order valence-electron chi connectivity index (χ1n) is 8.22. The molecule has 3 nitrogen and oxygen atoms in total. The molecule has 0 saturated heterocycles. The highest BCUT2D eigenvalue weighted by Gasteiger charge is 2.12. The van der Waals surface area contributed by atoms with Gasteiger partial charge in [0.2, 0.25) is 0 Å². The highest BCUT2D eigenvalue weighted by atomic mass is 16.5. The van der Waals surface area contributed by atoms with Crippen LogP contribution in [0, 0.1) is 0 Å². The number of nitrogens with one attached hydrogen (secondary N) is 1. The Morgan fingerprint density at radius 2 is 1.81 bits per heavy atom. The van der Waals surface area contributed by atoms with Gasteiger partial charge in [-0.3, -0.25) is 4.90 Å². The molecule has 0 heterocycles. The van der Waals surface area contributed by atoms with Crippen molar-refractivity contribution in [2.24, 2.45) is 0 Å². The number of nitrogens with zero attached hydrogens (tertiary/aromatic N) is 1. The number of hydrogen-bond donors (Lipinski definition) is 1. The molecule has 0 aliphatic heterocycles. The van der Waals surface area contributed by atoms with Crippen molar-refractivity contribution in [2.45, 2.75) is 46.2 Å². The summed E-state index contributed by atoms with van der Waals surface area (Å²) in [6.07, 6.45) is 2.28. The van der Waals surface area contributed by atoms with E-state index in [1.807, 2.05) is 0 Å². The molecule has 1 N–H and O–H groups in total. The van der Waals surface area contributed by atoms with Gasteiger partial charge in [0.15, 0.2) is 0 Å². The van der Waals surface area contributed by atoms with Crippen molar-refractivity contribution < 1.29 is 4.74 Å². The summed E-state index contributed by atoms with van der Waals surface area (Å²) in [5.41, 5.74) is 2.80. The van der Waals surface area contributed by atoms with Crippen molar-refractivity contribution in [3.8, 4) is 0 Å². The number of hydrogen-bond acceptors (Lipinski definition) is 3. The molecule has 0 saturated carbocycles. The van der Waals surface area contributed by atoms with Gasteiger partial charge in [0.25, 0.3) is 0 Å². The van der Waals surface area contributed by atoms with E-state index in [-0.39, 0.29) is 0 Å². The van der Waals surface area contributed by atoms with Crippen LogP contribution in [0.2, 0.25) is 0 Å². The highest BCUT2D eigenvalue weighted by molar-refractivity contribution is 5.22. The van der Waals surface area contributed by atoms with Crippen LogP contribution in [0.4, 0.5) is 0 Å². The number of benzene rings is 1. The molecule has 0 bridgehead atoms. The van der Waals surface area contributed by atoms with Crippen molar-refractivity contribution in [3.63, 3.8) is 0 Å². The molecule has 1 rings (SSSR count). The molecular weight excluding hydrogens is 260 g/mol. The first-order chi connectivity index (χ1) is 10.2. The maximum Gasteiger partial charge on any atom is 0.0589 e. The second kappa shape index (κ2) is 10.8. The van der Waals surface area contributed by atoms with E-state index in [2.05, 4.69) is 55.3 Å². The predicted octanol–water partition coefficient (Wildman–Crippen LogP) is 3.09. The van der Waals surface area contributed by atoms with E-state index in [0.29, 0.717) is 6.04 Å². The zero-order chi connectivity index (χ0) is 15.5. The van der Waals surface area contributed by atoms with Gasteiger partial charge in [-0.1, -0.05) is 38.1 Å². The summed E-state index contributed by atoms with van der Waals surface area (Å²) < 4.78 is 5.23. The van der Waals surface area contributed by atoms with Gasteiger partial charge in [-0.2, -0.15) is 0 Å². The van der Waals surface area contributed by atoms with Crippen molar-refractivity contribution in [1.82, 2.24) is 10.2 Å². The molecule has 21 heavy (non-hydrogen) atoms. The maximum absolute atomic E-state index is 5.23. The van der Waals surface area contributed by atoms with Gasteiger partial charge in [-0.05, 0) is 44.0 Å². The standard InChI is InChI=1S/C18H32N2O/c1-5-16(3)20(13-14-21-4)15-18-9-7-17(8-10-18)11-12-19-6-2/h7-10,16,19H,5-6,11-15H2,1-4H3. The zero-order valence-corrected chi connectivity index (χ0v) is 14.2. The summed E-state index contributed by atoms with van der Waals surface area (Å²) in [5.74, 6) is 0. The fourth-order valence-corrected chi connectivity index (χ4v) is 2.38. The molecule has 1 aromatic carbocycles. The molecule has 0 aliphatic carbocycles. The van der Waals surface area contributed by atoms with Gasteiger partial charge in [-0.25, -0.2) is 0 Å². The van der Waals surface area contributed by atoms with Crippen LogP contribution in [-0.4, -0.2) is 44.3 Å². The van der Waals surface area contributed by atoms with Crippen LogP contribution in [0.15, 0.2) is 24.3 Å². The van der Waals surface area contributed by atoms with Crippen LogP contribution in [0.3, 0.4) is 0 Å². The van der Waals surface area contributed by atoms with Crippen molar-refractivity contribution in [2.75, 3.05) is 33.4 Å². The Kier molecular flexibility index (Phi) is 9.31. The quantitative estimate of drug-likeness (QED) is 0.634. The van der Waals surface area contributed by atoms with Gasteiger partial charge < -0.3 is 10.1 Å². The molecule has 0 radical (unpaired) electrons. The average Bonchev–Trinajstić information content (AvgIpc) is 2.52. The largest absolute Gasteiger partial charge is 0.383 e. The van der Waals surface area contributed by atoms with Gasteiger partial charge in [-0.15, -0.1) is 0 Å². The summed E-state index contributed by atoms with van der Waals surface area (Å²) in [4.78, 5) is 2.50. The minimum atomic E-state index is 0.591. The fraction of sp³-hybridized carbons (Fsp3) is 0.667. The van der Waals surface area contributed by atoms with E-state index in [0.717, 1.165) is 39.2 Å². The van der Waals surface area contributed by atoms with E-state index in [1.165, 1.54) is 17.5 Å². The third kappa shape index (κ3) is 7.07. The van der Waals surface area contributed by atoms with Crippen molar-refractivity contribution in [3.05, 3.63) is 35.4 Å². The molecule has 0 amide bonds. The number of methoxy groups -OCH3 is 1. The first-order valence-corrected chi connectivity index (χ1v) is 8.22. The Bertz CT molecular complexity index is 364.